The van der Waals surface area contributed by atoms with Gasteiger partial charge in [0.15, 0.2) is 0 Å². The van der Waals surface area contributed by atoms with Gasteiger partial charge in [0.05, 0.1) is 6.61 Å². The normalized spacial score (nSPS) is 24.9. The lowest BCUT2D eigenvalue weighted by Gasteiger charge is -2.49. The van der Waals surface area contributed by atoms with Gasteiger partial charge in [0.25, 0.3) is 0 Å². The SMILES string of the molecule is CCCC1CC(CNCCOC)(c2ccc(F)cc2F)C1. The molecule has 0 atom stereocenters. The number of hydrogen-bond donors (Lipinski definition) is 1. The molecule has 1 saturated carbocycles. The third-order valence-electron chi connectivity index (χ3n) is 4.50. The summed E-state index contributed by atoms with van der Waals surface area (Å²) in [6.45, 7) is 4.29. The lowest BCUT2D eigenvalue weighted by atomic mass is 9.57. The lowest BCUT2D eigenvalue weighted by molar-refractivity contribution is 0.119. The van der Waals surface area contributed by atoms with E-state index in [9.17, 15) is 8.78 Å². The van der Waals surface area contributed by atoms with Crippen molar-refractivity contribution in [1.29, 1.82) is 0 Å². The quantitative estimate of drug-likeness (QED) is 0.740. The van der Waals surface area contributed by atoms with Crippen LogP contribution in [-0.4, -0.2) is 26.8 Å². The summed E-state index contributed by atoms with van der Waals surface area (Å²) in [5, 5.41) is 3.35. The van der Waals surface area contributed by atoms with Gasteiger partial charge in [-0.1, -0.05) is 25.8 Å². The first-order chi connectivity index (χ1) is 10.1. The van der Waals surface area contributed by atoms with Crippen LogP contribution in [0.15, 0.2) is 18.2 Å². The molecule has 0 heterocycles. The van der Waals surface area contributed by atoms with Gasteiger partial charge in [-0.05, 0) is 30.4 Å². The van der Waals surface area contributed by atoms with E-state index in [2.05, 4.69) is 12.2 Å². The first-order valence-corrected chi connectivity index (χ1v) is 7.76. The molecule has 0 saturated heterocycles. The smallest absolute Gasteiger partial charge is 0.129 e. The Morgan fingerprint density at radius 3 is 2.71 bits per heavy atom. The molecule has 1 aliphatic carbocycles. The number of halogens is 2. The molecule has 0 aliphatic heterocycles. The third-order valence-corrected chi connectivity index (χ3v) is 4.50. The van der Waals surface area contributed by atoms with Crippen LogP contribution in [0.2, 0.25) is 0 Å². The number of rotatable bonds is 8. The van der Waals surface area contributed by atoms with Crippen molar-refractivity contribution in [1.82, 2.24) is 5.32 Å². The molecule has 1 aliphatic rings. The Hall–Kier alpha value is -1.00. The van der Waals surface area contributed by atoms with Crippen molar-refractivity contribution in [2.45, 2.75) is 38.0 Å². The second kappa shape index (κ2) is 7.32. The van der Waals surface area contributed by atoms with Crippen molar-refractivity contribution >= 4 is 0 Å². The van der Waals surface area contributed by atoms with Gasteiger partial charge in [-0.2, -0.15) is 0 Å². The molecule has 1 aromatic carbocycles. The van der Waals surface area contributed by atoms with Gasteiger partial charge < -0.3 is 10.1 Å². The van der Waals surface area contributed by atoms with E-state index < -0.39 is 11.6 Å². The largest absolute Gasteiger partial charge is 0.383 e. The van der Waals surface area contributed by atoms with Crippen LogP contribution >= 0.6 is 0 Å². The van der Waals surface area contributed by atoms with Crippen LogP contribution in [0.4, 0.5) is 8.78 Å². The molecule has 118 valence electrons. The van der Waals surface area contributed by atoms with Crippen molar-refractivity contribution in [3.8, 4) is 0 Å². The molecular weight excluding hydrogens is 272 g/mol. The summed E-state index contributed by atoms with van der Waals surface area (Å²) >= 11 is 0. The molecule has 2 nitrogen and oxygen atoms in total. The van der Waals surface area contributed by atoms with E-state index in [0.29, 0.717) is 18.1 Å². The van der Waals surface area contributed by atoms with Crippen molar-refractivity contribution in [3.05, 3.63) is 35.4 Å². The van der Waals surface area contributed by atoms with Crippen molar-refractivity contribution in [2.24, 2.45) is 5.92 Å². The summed E-state index contributed by atoms with van der Waals surface area (Å²) in [5.41, 5.74) is 0.465. The van der Waals surface area contributed by atoms with E-state index in [0.717, 1.165) is 38.4 Å². The van der Waals surface area contributed by atoms with Gasteiger partial charge in [-0.3, -0.25) is 0 Å². The zero-order valence-corrected chi connectivity index (χ0v) is 12.9. The Labute approximate surface area is 125 Å². The Balaban J connectivity index is 2.09. The van der Waals surface area contributed by atoms with Crippen molar-refractivity contribution in [2.75, 3.05) is 26.8 Å². The van der Waals surface area contributed by atoms with Gasteiger partial charge in [0.2, 0.25) is 0 Å². The zero-order chi connectivity index (χ0) is 15.3. The van der Waals surface area contributed by atoms with Gasteiger partial charge in [-0.15, -0.1) is 0 Å². The maximum atomic E-state index is 14.2. The lowest BCUT2D eigenvalue weighted by Crippen LogP contribution is -2.49. The van der Waals surface area contributed by atoms with Crippen LogP contribution in [0.5, 0.6) is 0 Å². The molecule has 0 amide bonds. The van der Waals surface area contributed by atoms with Gasteiger partial charge in [0, 0.05) is 31.7 Å². The maximum Gasteiger partial charge on any atom is 0.129 e. The zero-order valence-electron chi connectivity index (χ0n) is 12.9. The van der Waals surface area contributed by atoms with Crippen LogP contribution in [0.3, 0.4) is 0 Å². The number of nitrogens with one attached hydrogen (secondary N) is 1. The average Bonchev–Trinajstić information content (AvgIpc) is 2.41. The predicted octanol–water partition coefficient (Wildman–Crippen LogP) is 3.65. The Kier molecular flexibility index (Phi) is 5.71. The molecule has 4 heteroatoms. The van der Waals surface area contributed by atoms with Crippen LogP contribution in [0, 0.1) is 17.6 Å². The van der Waals surface area contributed by atoms with E-state index in [-0.39, 0.29) is 5.41 Å². The summed E-state index contributed by atoms with van der Waals surface area (Å²) in [5.74, 6) is -0.273. The molecule has 0 bridgehead atoms. The molecule has 1 N–H and O–H groups in total. The molecule has 1 fully saturated rings. The highest BCUT2D eigenvalue weighted by Crippen LogP contribution is 2.50. The molecule has 2 rings (SSSR count). The van der Waals surface area contributed by atoms with E-state index in [1.54, 1.807) is 13.2 Å². The Morgan fingerprint density at radius 1 is 1.33 bits per heavy atom. The average molecular weight is 297 g/mol. The summed E-state index contributed by atoms with van der Waals surface area (Å²) in [4.78, 5) is 0. The number of methoxy groups -OCH3 is 1. The topological polar surface area (TPSA) is 21.3 Å². The number of hydrogen-bond acceptors (Lipinski definition) is 2. The van der Waals surface area contributed by atoms with Crippen molar-refractivity contribution < 1.29 is 13.5 Å². The fourth-order valence-corrected chi connectivity index (χ4v) is 3.54. The van der Waals surface area contributed by atoms with E-state index in [1.165, 1.54) is 12.5 Å². The molecule has 0 unspecified atom stereocenters. The van der Waals surface area contributed by atoms with Gasteiger partial charge in [0.1, 0.15) is 11.6 Å². The Morgan fingerprint density at radius 2 is 2.10 bits per heavy atom. The minimum absolute atomic E-state index is 0.189. The summed E-state index contributed by atoms with van der Waals surface area (Å²) in [6, 6.07) is 3.98. The monoisotopic (exact) mass is 297 g/mol. The summed E-state index contributed by atoms with van der Waals surface area (Å²) in [6.07, 6.45) is 4.29. The maximum absolute atomic E-state index is 14.2. The molecule has 0 spiro atoms. The molecular formula is C17H25F2NO. The second-order valence-electron chi connectivity index (χ2n) is 6.14. The standard InChI is InChI=1S/C17H25F2NO/c1-3-4-13-10-17(11-13,12-20-7-8-21-2)15-6-5-14(18)9-16(15)19/h5-6,9,13,20H,3-4,7-8,10-12H2,1-2H3. The minimum atomic E-state index is -0.511. The minimum Gasteiger partial charge on any atom is -0.383 e. The predicted molar refractivity (Wildman–Crippen MR) is 80.4 cm³/mol. The summed E-state index contributed by atoms with van der Waals surface area (Å²) in [7, 11) is 1.66. The van der Waals surface area contributed by atoms with Gasteiger partial charge in [-0.25, -0.2) is 8.78 Å². The van der Waals surface area contributed by atoms with Gasteiger partial charge >= 0.3 is 0 Å². The Bertz CT molecular complexity index is 458. The molecule has 1 aromatic rings. The second-order valence-corrected chi connectivity index (χ2v) is 6.14. The van der Waals surface area contributed by atoms with Crippen LogP contribution in [0.1, 0.15) is 38.2 Å². The van der Waals surface area contributed by atoms with Crippen LogP contribution in [-0.2, 0) is 10.2 Å². The van der Waals surface area contributed by atoms with Crippen LogP contribution < -0.4 is 5.32 Å². The highest BCUT2D eigenvalue weighted by Gasteiger charge is 2.45. The number of benzene rings is 1. The van der Waals surface area contributed by atoms with E-state index in [1.807, 2.05) is 0 Å². The number of ether oxygens (including phenoxy) is 1. The molecule has 0 radical (unpaired) electrons. The fraction of sp³-hybridized carbons (Fsp3) is 0.647. The highest BCUT2D eigenvalue weighted by molar-refractivity contribution is 5.31. The van der Waals surface area contributed by atoms with E-state index >= 15 is 0 Å². The third kappa shape index (κ3) is 3.80. The van der Waals surface area contributed by atoms with E-state index in [4.69, 9.17) is 4.74 Å². The first kappa shape index (κ1) is 16.4. The van der Waals surface area contributed by atoms with Crippen LogP contribution in [0.25, 0.3) is 0 Å². The first-order valence-electron chi connectivity index (χ1n) is 7.76. The fourth-order valence-electron chi connectivity index (χ4n) is 3.54. The van der Waals surface area contributed by atoms with Crippen molar-refractivity contribution in [3.63, 3.8) is 0 Å². The molecule has 0 aromatic heterocycles. The highest BCUT2D eigenvalue weighted by atomic mass is 19.1. The molecule has 21 heavy (non-hydrogen) atoms. The summed E-state index contributed by atoms with van der Waals surface area (Å²) < 4.78 is 32.3.